The quantitative estimate of drug-likeness (QED) is 0.407. The van der Waals surface area contributed by atoms with E-state index in [-0.39, 0.29) is 17.6 Å². The fraction of sp³-hybridized carbons (Fsp3) is 0.333. The molecule has 0 spiro atoms. The summed E-state index contributed by atoms with van der Waals surface area (Å²) < 4.78 is 15.4. The Morgan fingerprint density at radius 1 is 0.931 bits per heavy atom. The molecule has 0 saturated heterocycles. The van der Waals surface area contributed by atoms with E-state index < -0.39 is 0 Å². The van der Waals surface area contributed by atoms with Gasteiger partial charge in [0.2, 0.25) is 5.91 Å². The van der Waals surface area contributed by atoms with Gasteiger partial charge in [0.15, 0.2) is 0 Å². The molecule has 0 radical (unpaired) electrons. The van der Waals surface area contributed by atoms with Crippen LogP contribution in [0.1, 0.15) is 10.4 Å². The van der Waals surface area contributed by atoms with Crippen LogP contribution < -0.4 is 15.4 Å². The van der Waals surface area contributed by atoms with Crippen LogP contribution >= 0.6 is 11.8 Å². The highest BCUT2D eigenvalue weighted by atomic mass is 32.2. The number of nitrogens with one attached hydrogen (secondary N) is 2. The Labute approximate surface area is 175 Å². The number of amides is 2. The second-order valence-corrected chi connectivity index (χ2v) is 6.96. The first kappa shape index (κ1) is 22.7. The van der Waals surface area contributed by atoms with Gasteiger partial charge in [-0.2, -0.15) is 0 Å². The Kier molecular flexibility index (Phi) is 10.1. The molecule has 29 heavy (non-hydrogen) atoms. The summed E-state index contributed by atoms with van der Waals surface area (Å²) in [7, 11) is 3.20. The molecule has 2 N–H and O–H groups in total. The topological polar surface area (TPSA) is 85.9 Å². The molecule has 0 saturated carbocycles. The lowest BCUT2D eigenvalue weighted by molar-refractivity contribution is -0.118. The fourth-order valence-corrected chi connectivity index (χ4v) is 3.22. The minimum absolute atomic E-state index is 0.105. The van der Waals surface area contributed by atoms with Gasteiger partial charge in [0.1, 0.15) is 12.4 Å². The molecule has 2 rings (SSSR count). The number of hydrogen-bond donors (Lipinski definition) is 2. The fourth-order valence-electron chi connectivity index (χ4n) is 2.34. The minimum atomic E-state index is -0.235. The van der Waals surface area contributed by atoms with Gasteiger partial charge in [0, 0.05) is 31.3 Å². The number of carbonyl (C=O) groups is 2. The lowest BCUT2D eigenvalue weighted by Gasteiger charge is -2.11. The maximum absolute atomic E-state index is 12.7. The number of methoxy groups -OCH3 is 2. The number of benzene rings is 2. The molecule has 0 aromatic heterocycles. The molecule has 2 aromatic rings. The van der Waals surface area contributed by atoms with E-state index in [0.717, 1.165) is 4.90 Å². The van der Waals surface area contributed by atoms with E-state index in [2.05, 4.69) is 10.6 Å². The second-order valence-electron chi connectivity index (χ2n) is 5.95. The molecule has 0 bridgehead atoms. The highest BCUT2D eigenvalue weighted by Crippen LogP contribution is 2.24. The summed E-state index contributed by atoms with van der Waals surface area (Å²) in [5.74, 6) is 0.587. The Bertz CT molecular complexity index is 783. The van der Waals surface area contributed by atoms with E-state index in [1.165, 1.54) is 11.8 Å². The van der Waals surface area contributed by atoms with Crippen molar-refractivity contribution in [2.75, 3.05) is 51.7 Å². The smallest absolute Gasteiger partial charge is 0.256 e. The summed E-state index contributed by atoms with van der Waals surface area (Å²) in [6, 6.07) is 14.3. The molecule has 2 aromatic carbocycles. The molecule has 0 fully saturated rings. The van der Waals surface area contributed by atoms with Crippen molar-refractivity contribution in [3.05, 3.63) is 54.1 Å². The lowest BCUT2D eigenvalue weighted by atomic mass is 10.2. The monoisotopic (exact) mass is 418 g/mol. The third kappa shape index (κ3) is 8.15. The van der Waals surface area contributed by atoms with Crippen molar-refractivity contribution in [1.29, 1.82) is 0 Å². The van der Waals surface area contributed by atoms with Gasteiger partial charge in [-0.05, 0) is 36.4 Å². The van der Waals surface area contributed by atoms with Crippen LogP contribution in [0.4, 0.5) is 5.69 Å². The second kappa shape index (κ2) is 12.8. The Hall–Kier alpha value is -2.55. The van der Waals surface area contributed by atoms with E-state index in [0.29, 0.717) is 43.4 Å². The number of ether oxygens (including phenoxy) is 3. The number of anilines is 1. The largest absolute Gasteiger partial charge is 0.491 e. The van der Waals surface area contributed by atoms with Crippen molar-refractivity contribution in [2.24, 2.45) is 0 Å². The average molecular weight is 419 g/mol. The molecule has 0 unspecified atom stereocenters. The van der Waals surface area contributed by atoms with Crippen molar-refractivity contribution in [3.8, 4) is 5.75 Å². The summed E-state index contributed by atoms with van der Waals surface area (Å²) in [6.07, 6.45) is 0. The van der Waals surface area contributed by atoms with Crippen LogP contribution in [0.3, 0.4) is 0 Å². The van der Waals surface area contributed by atoms with E-state index in [1.54, 1.807) is 50.6 Å². The first-order valence-corrected chi connectivity index (χ1v) is 10.1. The Balaban J connectivity index is 1.92. The molecule has 0 aliphatic carbocycles. The van der Waals surface area contributed by atoms with Crippen LogP contribution in [0.25, 0.3) is 0 Å². The van der Waals surface area contributed by atoms with Crippen molar-refractivity contribution >= 4 is 29.3 Å². The third-order valence-electron chi connectivity index (χ3n) is 3.79. The van der Waals surface area contributed by atoms with Gasteiger partial charge in [0.25, 0.3) is 5.91 Å². The van der Waals surface area contributed by atoms with Crippen molar-refractivity contribution in [3.63, 3.8) is 0 Å². The summed E-state index contributed by atoms with van der Waals surface area (Å²) in [5, 5.41) is 5.63. The normalized spacial score (nSPS) is 10.4. The van der Waals surface area contributed by atoms with Crippen molar-refractivity contribution in [2.45, 2.75) is 4.90 Å². The summed E-state index contributed by atoms with van der Waals surface area (Å²) >= 11 is 1.32. The molecular weight excluding hydrogens is 392 g/mol. The molecule has 7 nitrogen and oxygen atoms in total. The van der Waals surface area contributed by atoms with Crippen LogP contribution in [0.15, 0.2) is 53.4 Å². The number of thioether (sulfide) groups is 1. The molecule has 8 heteroatoms. The van der Waals surface area contributed by atoms with Crippen molar-refractivity contribution in [1.82, 2.24) is 5.32 Å². The molecule has 0 aliphatic heterocycles. The number of hydrogen-bond acceptors (Lipinski definition) is 6. The maximum Gasteiger partial charge on any atom is 0.256 e. The Morgan fingerprint density at radius 2 is 1.66 bits per heavy atom. The summed E-state index contributed by atoms with van der Waals surface area (Å²) in [6.45, 7) is 1.90. The molecule has 0 aliphatic rings. The molecule has 2 amide bonds. The van der Waals surface area contributed by atoms with Gasteiger partial charge < -0.3 is 24.8 Å². The molecular formula is C21H26N2O5S. The predicted molar refractivity (Wildman–Crippen MR) is 114 cm³/mol. The van der Waals surface area contributed by atoms with Gasteiger partial charge in [-0.15, -0.1) is 11.8 Å². The predicted octanol–water partition coefficient (Wildman–Crippen LogP) is 2.82. The first-order valence-electron chi connectivity index (χ1n) is 9.14. The summed E-state index contributed by atoms with van der Waals surface area (Å²) in [4.78, 5) is 25.3. The molecule has 0 heterocycles. The number of carbonyl (C=O) groups excluding carboxylic acids is 2. The molecule has 156 valence electrons. The SMILES string of the molecule is COCCNC(=O)CSc1ccccc1C(=O)Nc1ccc(OCCOC)cc1. The third-order valence-corrected chi connectivity index (χ3v) is 4.86. The first-order chi connectivity index (χ1) is 14.1. The van der Waals surface area contributed by atoms with E-state index in [4.69, 9.17) is 14.2 Å². The van der Waals surface area contributed by atoms with Gasteiger partial charge >= 0.3 is 0 Å². The van der Waals surface area contributed by atoms with Crippen LogP contribution in [0, 0.1) is 0 Å². The zero-order chi connectivity index (χ0) is 20.9. The van der Waals surface area contributed by atoms with Crippen LogP contribution in [-0.2, 0) is 14.3 Å². The molecule has 0 atom stereocenters. The summed E-state index contributed by atoms with van der Waals surface area (Å²) in [5.41, 5.74) is 1.17. The van der Waals surface area contributed by atoms with E-state index in [1.807, 2.05) is 12.1 Å². The lowest BCUT2D eigenvalue weighted by Crippen LogP contribution is -2.28. The van der Waals surface area contributed by atoms with E-state index in [9.17, 15) is 9.59 Å². The standard InChI is InChI=1S/C21H26N2O5S/c1-26-12-11-22-20(24)15-29-19-6-4-3-5-18(19)21(25)23-16-7-9-17(10-8-16)28-14-13-27-2/h3-10H,11-15H2,1-2H3,(H,22,24)(H,23,25). The van der Waals surface area contributed by atoms with Crippen LogP contribution in [0.5, 0.6) is 5.75 Å². The van der Waals surface area contributed by atoms with Crippen molar-refractivity contribution < 1.29 is 23.8 Å². The van der Waals surface area contributed by atoms with Gasteiger partial charge in [-0.25, -0.2) is 0 Å². The maximum atomic E-state index is 12.7. The number of rotatable bonds is 12. The highest BCUT2D eigenvalue weighted by molar-refractivity contribution is 8.00. The van der Waals surface area contributed by atoms with Gasteiger partial charge in [0.05, 0.1) is 24.5 Å². The van der Waals surface area contributed by atoms with Crippen LogP contribution in [0.2, 0.25) is 0 Å². The van der Waals surface area contributed by atoms with E-state index >= 15 is 0 Å². The zero-order valence-electron chi connectivity index (χ0n) is 16.6. The van der Waals surface area contributed by atoms with Crippen LogP contribution in [-0.4, -0.2) is 58.2 Å². The zero-order valence-corrected chi connectivity index (χ0v) is 17.4. The average Bonchev–Trinajstić information content (AvgIpc) is 2.74. The van der Waals surface area contributed by atoms with Gasteiger partial charge in [-0.1, -0.05) is 12.1 Å². The van der Waals surface area contributed by atoms with Gasteiger partial charge in [-0.3, -0.25) is 9.59 Å². The minimum Gasteiger partial charge on any atom is -0.491 e. The Morgan fingerprint density at radius 3 is 2.38 bits per heavy atom. The highest BCUT2D eigenvalue weighted by Gasteiger charge is 2.13.